The van der Waals surface area contributed by atoms with E-state index in [4.69, 9.17) is 9.84 Å². The molecule has 1 rings (SSSR count). The van der Waals surface area contributed by atoms with Crippen molar-refractivity contribution in [2.24, 2.45) is 0 Å². The zero-order chi connectivity index (χ0) is 13.7. The molecule has 0 saturated heterocycles. The fourth-order valence-electron chi connectivity index (χ4n) is 2.04. The monoisotopic (exact) mass is 253 g/mol. The van der Waals surface area contributed by atoms with E-state index in [1.807, 2.05) is 0 Å². The van der Waals surface area contributed by atoms with Crippen LogP contribution in [0.25, 0.3) is 0 Å². The van der Waals surface area contributed by atoms with E-state index in [2.05, 4.69) is 4.98 Å². The van der Waals surface area contributed by atoms with Crippen LogP contribution in [0, 0.1) is 6.92 Å². The van der Waals surface area contributed by atoms with Crippen LogP contribution in [-0.4, -0.2) is 35.1 Å². The molecule has 0 aliphatic rings. The Kier molecular flexibility index (Phi) is 5.09. The summed E-state index contributed by atoms with van der Waals surface area (Å²) in [6, 6.07) is 0. The first-order chi connectivity index (χ1) is 8.52. The molecule has 1 aromatic heterocycles. The lowest BCUT2D eigenvalue weighted by Gasteiger charge is -2.05. The maximum Gasteiger partial charge on any atom is 0.355 e. The molecule has 0 aromatic carbocycles. The molecule has 18 heavy (non-hydrogen) atoms. The predicted octanol–water partition coefficient (Wildman–Crippen LogP) is 1.63. The lowest BCUT2D eigenvalue weighted by Crippen LogP contribution is -2.09. The largest absolute Gasteiger partial charge is 0.461 e. The number of carbonyl (C=O) groups excluding carboxylic acids is 2. The van der Waals surface area contributed by atoms with E-state index in [1.54, 1.807) is 13.8 Å². The van der Waals surface area contributed by atoms with Gasteiger partial charge in [-0.1, -0.05) is 0 Å². The van der Waals surface area contributed by atoms with Crippen molar-refractivity contribution >= 4 is 11.8 Å². The average molecular weight is 253 g/mol. The summed E-state index contributed by atoms with van der Waals surface area (Å²) in [6.45, 7) is 5.25. The molecule has 0 saturated carbocycles. The lowest BCUT2D eigenvalue weighted by molar-refractivity contribution is 0.0518. The normalized spacial score (nSPS) is 10.4. The number of aliphatic hydroxyl groups is 1. The number of Topliss-reactive ketones (excluding diaryl/α,β-unsaturated/α-hetero) is 1. The van der Waals surface area contributed by atoms with Crippen LogP contribution in [0.2, 0.25) is 0 Å². The van der Waals surface area contributed by atoms with Crippen LogP contribution in [0.4, 0.5) is 0 Å². The number of nitrogens with one attached hydrogen (secondary N) is 1. The second kappa shape index (κ2) is 6.35. The summed E-state index contributed by atoms with van der Waals surface area (Å²) in [5.41, 5.74) is 2.17. The molecule has 0 atom stereocenters. The van der Waals surface area contributed by atoms with Gasteiger partial charge in [0.1, 0.15) is 5.69 Å². The van der Waals surface area contributed by atoms with E-state index >= 15 is 0 Å². The molecular formula is C13H19NO4. The summed E-state index contributed by atoms with van der Waals surface area (Å²) >= 11 is 0. The Balaban J connectivity index is 3.20. The van der Waals surface area contributed by atoms with Crippen LogP contribution in [0.5, 0.6) is 0 Å². The van der Waals surface area contributed by atoms with Gasteiger partial charge in [0.2, 0.25) is 0 Å². The van der Waals surface area contributed by atoms with Crippen molar-refractivity contribution in [1.29, 1.82) is 0 Å². The maximum atomic E-state index is 11.8. The first kappa shape index (κ1) is 14.4. The molecule has 1 aromatic rings. The standard InChI is InChI=1S/C13H19NO4/c1-4-18-13(17)12-10(6-5-7-15)11(9(3)16)8(2)14-12/h14-15H,4-7H2,1-3H3. The van der Waals surface area contributed by atoms with E-state index in [-0.39, 0.29) is 19.0 Å². The minimum atomic E-state index is -0.457. The number of aromatic amines is 1. The molecule has 0 aliphatic carbocycles. The minimum Gasteiger partial charge on any atom is -0.461 e. The number of aliphatic hydroxyl groups excluding tert-OH is 1. The van der Waals surface area contributed by atoms with Gasteiger partial charge in [-0.25, -0.2) is 4.79 Å². The van der Waals surface area contributed by atoms with Crippen molar-refractivity contribution in [2.75, 3.05) is 13.2 Å². The average Bonchev–Trinajstić information content (AvgIpc) is 2.63. The number of esters is 1. The fraction of sp³-hybridized carbons (Fsp3) is 0.538. The Morgan fingerprint density at radius 1 is 1.39 bits per heavy atom. The minimum absolute atomic E-state index is 0.0177. The predicted molar refractivity (Wildman–Crippen MR) is 66.9 cm³/mol. The zero-order valence-corrected chi connectivity index (χ0v) is 11.0. The van der Waals surface area contributed by atoms with Crippen molar-refractivity contribution < 1.29 is 19.4 Å². The highest BCUT2D eigenvalue weighted by Crippen LogP contribution is 2.22. The summed E-state index contributed by atoms with van der Waals surface area (Å²) in [7, 11) is 0. The van der Waals surface area contributed by atoms with Crippen LogP contribution >= 0.6 is 0 Å². The van der Waals surface area contributed by atoms with Gasteiger partial charge in [-0.3, -0.25) is 4.79 Å². The summed E-state index contributed by atoms with van der Waals surface area (Å²) < 4.78 is 4.95. The molecule has 0 fully saturated rings. The number of hydrogen-bond acceptors (Lipinski definition) is 4. The molecule has 5 nitrogen and oxygen atoms in total. The van der Waals surface area contributed by atoms with Gasteiger partial charge in [0.15, 0.2) is 5.78 Å². The van der Waals surface area contributed by atoms with Gasteiger partial charge in [0.25, 0.3) is 0 Å². The van der Waals surface area contributed by atoms with E-state index in [0.29, 0.717) is 35.4 Å². The number of aromatic nitrogens is 1. The number of rotatable bonds is 6. The Hall–Kier alpha value is -1.62. The van der Waals surface area contributed by atoms with E-state index in [0.717, 1.165) is 0 Å². The van der Waals surface area contributed by atoms with Crippen molar-refractivity contribution in [1.82, 2.24) is 4.98 Å². The second-order valence-electron chi connectivity index (χ2n) is 4.08. The van der Waals surface area contributed by atoms with Crippen molar-refractivity contribution in [3.8, 4) is 0 Å². The van der Waals surface area contributed by atoms with Gasteiger partial charge in [-0.05, 0) is 39.2 Å². The van der Waals surface area contributed by atoms with Crippen LogP contribution in [-0.2, 0) is 11.2 Å². The first-order valence-corrected chi connectivity index (χ1v) is 6.03. The quantitative estimate of drug-likeness (QED) is 0.596. The molecule has 100 valence electrons. The number of ketones is 1. The van der Waals surface area contributed by atoms with E-state index in [9.17, 15) is 9.59 Å². The molecule has 0 amide bonds. The van der Waals surface area contributed by atoms with Gasteiger partial charge in [0.05, 0.1) is 6.61 Å². The highest BCUT2D eigenvalue weighted by molar-refractivity contribution is 6.01. The Bertz CT molecular complexity index is 448. The third-order valence-electron chi connectivity index (χ3n) is 2.71. The Morgan fingerprint density at radius 2 is 2.06 bits per heavy atom. The molecule has 0 bridgehead atoms. The summed E-state index contributed by atoms with van der Waals surface area (Å²) in [5, 5.41) is 8.89. The second-order valence-corrected chi connectivity index (χ2v) is 4.08. The third kappa shape index (κ3) is 2.98. The Morgan fingerprint density at radius 3 is 2.56 bits per heavy atom. The number of ether oxygens (including phenoxy) is 1. The van der Waals surface area contributed by atoms with Gasteiger partial charge < -0.3 is 14.8 Å². The molecule has 1 heterocycles. The molecule has 5 heteroatoms. The lowest BCUT2D eigenvalue weighted by atomic mass is 10.0. The summed E-state index contributed by atoms with van der Waals surface area (Å²) in [6.07, 6.45) is 0.980. The highest BCUT2D eigenvalue weighted by Gasteiger charge is 2.22. The number of H-pyrrole nitrogens is 1. The van der Waals surface area contributed by atoms with Crippen LogP contribution in [0.1, 0.15) is 52.4 Å². The highest BCUT2D eigenvalue weighted by atomic mass is 16.5. The number of carbonyl (C=O) groups is 2. The van der Waals surface area contributed by atoms with Gasteiger partial charge in [-0.15, -0.1) is 0 Å². The smallest absolute Gasteiger partial charge is 0.355 e. The van der Waals surface area contributed by atoms with Crippen molar-refractivity contribution in [3.05, 3.63) is 22.5 Å². The van der Waals surface area contributed by atoms with E-state index in [1.165, 1.54) is 6.92 Å². The van der Waals surface area contributed by atoms with Crippen molar-refractivity contribution in [2.45, 2.75) is 33.6 Å². The Labute approximate surface area is 106 Å². The molecule has 0 spiro atoms. The molecule has 0 radical (unpaired) electrons. The topological polar surface area (TPSA) is 79.4 Å². The van der Waals surface area contributed by atoms with E-state index < -0.39 is 5.97 Å². The third-order valence-corrected chi connectivity index (χ3v) is 2.71. The maximum absolute atomic E-state index is 11.8. The van der Waals surface area contributed by atoms with Crippen LogP contribution in [0.3, 0.4) is 0 Å². The first-order valence-electron chi connectivity index (χ1n) is 6.03. The molecule has 2 N–H and O–H groups in total. The number of aryl methyl sites for hydroxylation is 1. The van der Waals surface area contributed by atoms with Crippen LogP contribution in [0.15, 0.2) is 0 Å². The fourth-order valence-corrected chi connectivity index (χ4v) is 2.04. The van der Waals surface area contributed by atoms with Gasteiger partial charge in [0, 0.05) is 17.9 Å². The molecule has 0 aliphatic heterocycles. The zero-order valence-electron chi connectivity index (χ0n) is 11.0. The summed E-state index contributed by atoms with van der Waals surface area (Å²) in [5.74, 6) is -0.548. The van der Waals surface area contributed by atoms with Crippen molar-refractivity contribution in [3.63, 3.8) is 0 Å². The van der Waals surface area contributed by atoms with Crippen LogP contribution < -0.4 is 0 Å². The molecule has 0 unspecified atom stereocenters. The SMILES string of the molecule is CCOC(=O)c1[nH]c(C)c(C(C)=O)c1CCCO. The van der Waals surface area contributed by atoms with Gasteiger partial charge in [-0.2, -0.15) is 0 Å². The number of hydrogen-bond donors (Lipinski definition) is 2. The van der Waals surface area contributed by atoms with Gasteiger partial charge >= 0.3 is 5.97 Å². The molecular weight excluding hydrogens is 234 g/mol. The summed E-state index contributed by atoms with van der Waals surface area (Å²) in [4.78, 5) is 26.3.